The molecular weight excluding hydrogens is 258 g/mol. The molecule has 2 atom stereocenters. The van der Waals surface area contributed by atoms with Crippen molar-refractivity contribution in [1.82, 2.24) is 10.2 Å². The van der Waals surface area contributed by atoms with E-state index in [2.05, 4.69) is 16.3 Å². The summed E-state index contributed by atoms with van der Waals surface area (Å²) < 4.78 is 0. The molecule has 112 valence electrons. The molecule has 0 spiro atoms. The Balaban J connectivity index is 2.54. The lowest BCUT2D eigenvalue weighted by Gasteiger charge is -2.32. The van der Waals surface area contributed by atoms with Crippen molar-refractivity contribution in [2.75, 3.05) is 19.6 Å². The quantitative estimate of drug-likeness (QED) is 0.752. The van der Waals surface area contributed by atoms with Crippen molar-refractivity contribution < 1.29 is 14.7 Å². The number of hydrogen-bond acceptors (Lipinski definition) is 4. The molecular formula is C14H23N3O3. The van der Waals surface area contributed by atoms with Crippen molar-refractivity contribution in [3.8, 4) is 6.07 Å². The minimum atomic E-state index is -0.995. The molecule has 6 nitrogen and oxygen atoms in total. The fraction of sp³-hybridized carbons (Fsp3) is 0.786. The third-order valence-electron chi connectivity index (χ3n) is 3.65. The maximum Gasteiger partial charge on any atom is 0.326 e. The van der Waals surface area contributed by atoms with Crippen molar-refractivity contribution in [1.29, 1.82) is 5.26 Å². The van der Waals surface area contributed by atoms with E-state index in [9.17, 15) is 9.59 Å². The molecule has 0 aromatic heterocycles. The summed E-state index contributed by atoms with van der Waals surface area (Å²) in [5.74, 6) is -1.50. The molecule has 1 aliphatic heterocycles. The highest BCUT2D eigenvalue weighted by atomic mass is 16.4. The summed E-state index contributed by atoms with van der Waals surface area (Å²) in [7, 11) is 0. The van der Waals surface area contributed by atoms with Crippen LogP contribution in [0.1, 0.15) is 33.1 Å². The predicted octanol–water partition coefficient (Wildman–Crippen LogP) is 0.837. The van der Waals surface area contributed by atoms with Crippen LogP contribution in [-0.4, -0.2) is 47.6 Å². The molecule has 20 heavy (non-hydrogen) atoms. The monoisotopic (exact) mass is 281 g/mol. The molecule has 0 bridgehead atoms. The average molecular weight is 281 g/mol. The van der Waals surface area contributed by atoms with Crippen molar-refractivity contribution in [2.45, 2.75) is 39.2 Å². The fourth-order valence-corrected chi connectivity index (χ4v) is 2.47. The zero-order chi connectivity index (χ0) is 15.1. The number of piperidine rings is 1. The molecule has 0 radical (unpaired) electrons. The van der Waals surface area contributed by atoms with Crippen LogP contribution in [0, 0.1) is 23.2 Å². The lowest BCUT2D eigenvalue weighted by Crippen LogP contribution is -2.50. The van der Waals surface area contributed by atoms with Gasteiger partial charge in [-0.1, -0.05) is 13.8 Å². The summed E-state index contributed by atoms with van der Waals surface area (Å²) >= 11 is 0. The van der Waals surface area contributed by atoms with Gasteiger partial charge in [-0.15, -0.1) is 0 Å². The van der Waals surface area contributed by atoms with E-state index in [1.54, 1.807) is 13.8 Å². The smallest absolute Gasteiger partial charge is 0.326 e. The number of aliphatic carboxylic acids is 1. The van der Waals surface area contributed by atoms with E-state index in [1.807, 2.05) is 0 Å². The summed E-state index contributed by atoms with van der Waals surface area (Å²) in [6.07, 6.45) is 2.14. The molecule has 2 unspecified atom stereocenters. The van der Waals surface area contributed by atoms with Gasteiger partial charge >= 0.3 is 5.97 Å². The molecule has 0 saturated carbocycles. The zero-order valence-electron chi connectivity index (χ0n) is 12.1. The number of carboxylic acids is 1. The fourth-order valence-electron chi connectivity index (χ4n) is 2.47. The Morgan fingerprint density at radius 3 is 2.75 bits per heavy atom. The van der Waals surface area contributed by atoms with E-state index in [4.69, 9.17) is 10.4 Å². The number of rotatable bonds is 6. The molecule has 1 amide bonds. The average Bonchev–Trinajstić information content (AvgIpc) is 2.41. The van der Waals surface area contributed by atoms with Gasteiger partial charge in [0.15, 0.2) is 0 Å². The first-order chi connectivity index (χ1) is 9.45. The van der Waals surface area contributed by atoms with E-state index < -0.39 is 12.0 Å². The predicted molar refractivity (Wildman–Crippen MR) is 73.8 cm³/mol. The molecule has 6 heteroatoms. The molecule has 0 aromatic carbocycles. The highest BCUT2D eigenvalue weighted by Crippen LogP contribution is 2.17. The van der Waals surface area contributed by atoms with Crippen LogP contribution in [0.3, 0.4) is 0 Å². The summed E-state index contributed by atoms with van der Waals surface area (Å²) in [4.78, 5) is 25.4. The van der Waals surface area contributed by atoms with Gasteiger partial charge in [0.05, 0.1) is 12.0 Å². The van der Waals surface area contributed by atoms with E-state index in [-0.39, 0.29) is 17.7 Å². The number of carboxylic acid groups (broad SMARTS) is 1. The molecule has 1 saturated heterocycles. The lowest BCUT2D eigenvalue weighted by molar-refractivity contribution is -0.144. The van der Waals surface area contributed by atoms with E-state index >= 15 is 0 Å². The summed E-state index contributed by atoms with van der Waals surface area (Å²) in [6.45, 7) is 5.74. The van der Waals surface area contributed by atoms with Crippen LogP contribution in [0.5, 0.6) is 0 Å². The van der Waals surface area contributed by atoms with Gasteiger partial charge in [0.25, 0.3) is 0 Å². The second-order valence-electron chi connectivity index (χ2n) is 5.62. The molecule has 1 aliphatic rings. The lowest BCUT2D eigenvalue weighted by atomic mass is 9.95. The number of nitrogens with zero attached hydrogens (tertiary/aromatic N) is 2. The van der Waals surface area contributed by atoms with E-state index in [1.165, 1.54) is 0 Å². The maximum atomic E-state index is 12.2. The van der Waals surface area contributed by atoms with Gasteiger partial charge in [0.1, 0.15) is 6.04 Å². The normalized spacial score (nSPS) is 21.2. The van der Waals surface area contributed by atoms with Gasteiger partial charge in [-0.25, -0.2) is 4.79 Å². The number of carbonyl (C=O) groups is 2. The third kappa shape index (κ3) is 4.82. The Labute approximate surface area is 119 Å². The minimum Gasteiger partial charge on any atom is -0.480 e. The van der Waals surface area contributed by atoms with Gasteiger partial charge in [-0.3, -0.25) is 4.79 Å². The van der Waals surface area contributed by atoms with E-state index in [0.717, 1.165) is 19.4 Å². The molecule has 1 fully saturated rings. The second-order valence-corrected chi connectivity index (χ2v) is 5.62. The van der Waals surface area contributed by atoms with Gasteiger partial charge in [-0.2, -0.15) is 5.26 Å². The molecule has 0 aromatic rings. The number of hydrogen-bond donors (Lipinski definition) is 2. The van der Waals surface area contributed by atoms with Crippen molar-refractivity contribution in [3.05, 3.63) is 0 Å². The molecule has 1 rings (SSSR count). The van der Waals surface area contributed by atoms with Crippen molar-refractivity contribution in [2.24, 2.45) is 11.8 Å². The molecule has 2 N–H and O–H groups in total. The van der Waals surface area contributed by atoms with Gasteiger partial charge in [0.2, 0.25) is 5.91 Å². The van der Waals surface area contributed by atoms with Crippen LogP contribution in [0.15, 0.2) is 0 Å². The van der Waals surface area contributed by atoms with E-state index in [0.29, 0.717) is 19.5 Å². The van der Waals surface area contributed by atoms with Crippen LogP contribution < -0.4 is 5.32 Å². The van der Waals surface area contributed by atoms with Crippen molar-refractivity contribution in [3.63, 3.8) is 0 Å². The first kappa shape index (κ1) is 16.4. The topological polar surface area (TPSA) is 93.4 Å². The highest BCUT2D eigenvalue weighted by Gasteiger charge is 2.30. The number of likely N-dealkylation sites (tertiary alicyclic amines) is 1. The Bertz CT molecular complexity index is 390. The third-order valence-corrected chi connectivity index (χ3v) is 3.65. The zero-order valence-corrected chi connectivity index (χ0v) is 12.1. The maximum absolute atomic E-state index is 12.2. The number of carbonyl (C=O) groups excluding carboxylic acids is 1. The molecule has 0 aliphatic carbocycles. The van der Waals surface area contributed by atoms with Crippen LogP contribution >= 0.6 is 0 Å². The first-order valence-corrected chi connectivity index (χ1v) is 7.08. The minimum absolute atomic E-state index is 0.144. The van der Waals surface area contributed by atoms with Crippen LogP contribution in [0.25, 0.3) is 0 Å². The Kier molecular flexibility index (Phi) is 6.46. The van der Waals surface area contributed by atoms with Gasteiger partial charge in [-0.05, 0) is 25.3 Å². The second kappa shape index (κ2) is 7.85. The van der Waals surface area contributed by atoms with Crippen LogP contribution in [0.4, 0.5) is 0 Å². The summed E-state index contributed by atoms with van der Waals surface area (Å²) in [5.41, 5.74) is 0. The van der Waals surface area contributed by atoms with Gasteiger partial charge in [0, 0.05) is 19.5 Å². The molecule has 1 heterocycles. The first-order valence-electron chi connectivity index (χ1n) is 7.08. The highest BCUT2D eigenvalue weighted by molar-refractivity contribution is 5.85. The SMILES string of the molecule is CC(C)C(NC(=O)C1CCCN(CCC#N)C1)C(=O)O. The number of nitrogens with one attached hydrogen (secondary N) is 1. The number of nitriles is 1. The van der Waals surface area contributed by atoms with Crippen LogP contribution in [0.2, 0.25) is 0 Å². The summed E-state index contributed by atoms with van der Waals surface area (Å²) in [5, 5.41) is 20.3. The number of amides is 1. The Hall–Kier alpha value is -1.61. The Morgan fingerprint density at radius 1 is 1.50 bits per heavy atom. The summed E-state index contributed by atoms with van der Waals surface area (Å²) in [6, 6.07) is 1.27. The van der Waals surface area contributed by atoms with Crippen molar-refractivity contribution >= 4 is 11.9 Å². The van der Waals surface area contributed by atoms with Crippen LogP contribution in [-0.2, 0) is 9.59 Å². The largest absolute Gasteiger partial charge is 0.480 e. The standard InChI is InChI=1S/C14H23N3O3/c1-10(2)12(14(19)20)16-13(18)11-5-3-7-17(9-11)8-4-6-15/h10-12H,3-5,7-9H2,1-2H3,(H,16,18)(H,19,20). The van der Waals surface area contributed by atoms with Gasteiger partial charge < -0.3 is 15.3 Å². The Morgan fingerprint density at radius 2 is 2.20 bits per heavy atom.